The molecule has 5 nitrogen and oxygen atoms in total. The average molecular weight is 281 g/mol. The van der Waals surface area contributed by atoms with Gasteiger partial charge in [0.05, 0.1) is 19.1 Å². The molecule has 0 bridgehead atoms. The Morgan fingerprint density at radius 1 is 1.28 bits per heavy atom. The normalized spacial score (nSPS) is 19.1. The average Bonchev–Trinajstić information content (AvgIpc) is 2.39. The maximum absolute atomic E-state index is 12.3. The Kier molecular flexibility index (Phi) is 10.3. The van der Waals surface area contributed by atoms with E-state index in [9.17, 15) is 4.79 Å². The number of ether oxygens (including phenoxy) is 2. The molecule has 0 aromatic carbocycles. The van der Waals surface area contributed by atoms with Crippen LogP contribution in [0.2, 0.25) is 0 Å². The van der Waals surface area contributed by atoms with Gasteiger partial charge in [-0.25, -0.2) is 0 Å². The Hall–Kier alpha value is -0.360. The van der Waals surface area contributed by atoms with E-state index in [-0.39, 0.29) is 24.2 Å². The lowest BCUT2D eigenvalue weighted by molar-refractivity contribution is -0.137. The quantitative estimate of drug-likeness (QED) is 0.739. The van der Waals surface area contributed by atoms with E-state index in [2.05, 4.69) is 5.32 Å². The number of rotatable bonds is 7. The van der Waals surface area contributed by atoms with Crippen LogP contribution in [0.1, 0.15) is 12.8 Å². The zero-order valence-electron chi connectivity index (χ0n) is 11.3. The highest BCUT2D eigenvalue weighted by Gasteiger charge is 2.25. The van der Waals surface area contributed by atoms with E-state index >= 15 is 0 Å². The molecule has 1 N–H and O–H groups in total. The molecule has 1 aliphatic rings. The number of carbonyl (C=O) groups excluding carboxylic acids is 1. The molecule has 0 aromatic rings. The van der Waals surface area contributed by atoms with Gasteiger partial charge in [-0.15, -0.1) is 12.4 Å². The predicted molar refractivity (Wildman–Crippen MR) is 73.2 cm³/mol. The fraction of sp³-hybridized carbons (Fsp3) is 0.917. The lowest BCUT2D eigenvalue weighted by Gasteiger charge is -2.29. The molecule has 0 radical (unpaired) electrons. The third-order valence-corrected chi connectivity index (χ3v) is 3.09. The summed E-state index contributed by atoms with van der Waals surface area (Å²) in [5.41, 5.74) is 0. The minimum atomic E-state index is 0. The number of amides is 1. The largest absolute Gasteiger partial charge is 0.383 e. The molecule has 1 heterocycles. The van der Waals surface area contributed by atoms with Crippen LogP contribution in [0, 0.1) is 5.92 Å². The van der Waals surface area contributed by atoms with E-state index in [0.717, 1.165) is 25.9 Å². The summed E-state index contributed by atoms with van der Waals surface area (Å²) in [4.78, 5) is 14.1. The lowest BCUT2D eigenvalue weighted by Crippen LogP contribution is -2.45. The first-order valence-corrected chi connectivity index (χ1v) is 6.27. The number of methoxy groups -OCH3 is 2. The molecule has 0 aliphatic carbocycles. The molecular weight excluding hydrogens is 256 g/mol. The van der Waals surface area contributed by atoms with Gasteiger partial charge in [-0.05, 0) is 19.4 Å². The second-order valence-electron chi connectivity index (χ2n) is 4.35. The van der Waals surface area contributed by atoms with Crippen molar-refractivity contribution in [2.45, 2.75) is 12.8 Å². The SMILES string of the molecule is COCCN(CCOC)C(=O)C1CCCNC1.Cl. The van der Waals surface area contributed by atoms with Crippen molar-refractivity contribution >= 4 is 18.3 Å². The smallest absolute Gasteiger partial charge is 0.227 e. The highest BCUT2D eigenvalue weighted by atomic mass is 35.5. The lowest BCUT2D eigenvalue weighted by atomic mass is 9.98. The van der Waals surface area contributed by atoms with Gasteiger partial charge >= 0.3 is 0 Å². The molecule has 0 saturated carbocycles. The van der Waals surface area contributed by atoms with Crippen LogP contribution < -0.4 is 5.32 Å². The van der Waals surface area contributed by atoms with Crippen LogP contribution in [-0.4, -0.2) is 64.4 Å². The number of halogens is 1. The number of hydrogen-bond acceptors (Lipinski definition) is 4. The topological polar surface area (TPSA) is 50.8 Å². The molecule has 1 saturated heterocycles. The van der Waals surface area contributed by atoms with E-state index in [4.69, 9.17) is 9.47 Å². The molecule has 1 atom stereocenters. The molecule has 1 amide bonds. The monoisotopic (exact) mass is 280 g/mol. The van der Waals surface area contributed by atoms with E-state index in [1.165, 1.54) is 0 Å². The van der Waals surface area contributed by atoms with Gasteiger partial charge in [0.2, 0.25) is 5.91 Å². The Morgan fingerprint density at radius 2 is 1.89 bits per heavy atom. The van der Waals surface area contributed by atoms with Crippen molar-refractivity contribution in [3.05, 3.63) is 0 Å². The van der Waals surface area contributed by atoms with Crippen LogP contribution in [0.15, 0.2) is 0 Å². The van der Waals surface area contributed by atoms with Crippen LogP contribution in [0.4, 0.5) is 0 Å². The van der Waals surface area contributed by atoms with E-state index in [1.54, 1.807) is 14.2 Å². The third kappa shape index (κ3) is 6.00. The summed E-state index contributed by atoms with van der Waals surface area (Å²) < 4.78 is 10.1. The molecule has 1 rings (SSSR count). The maximum atomic E-state index is 12.3. The van der Waals surface area contributed by atoms with Crippen molar-refractivity contribution in [3.8, 4) is 0 Å². The second-order valence-corrected chi connectivity index (χ2v) is 4.35. The summed E-state index contributed by atoms with van der Waals surface area (Å²) in [6, 6.07) is 0. The molecule has 18 heavy (non-hydrogen) atoms. The van der Waals surface area contributed by atoms with Gasteiger partial charge in [0, 0.05) is 33.9 Å². The molecule has 1 fully saturated rings. The van der Waals surface area contributed by atoms with Gasteiger partial charge in [0.25, 0.3) is 0 Å². The van der Waals surface area contributed by atoms with Crippen LogP contribution in [0.5, 0.6) is 0 Å². The van der Waals surface area contributed by atoms with Crippen LogP contribution in [0.3, 0.4) is 0 Å². The number of hydrogen-bond donors (Lipinski definition) is 1. The first-order chi connectivity index (χ1) is 8.29. The van der Waals surface area contributed by atoms with E-state index < -0.39 is 0 Å². The molecule has 0 aromatic heterocycles. The Bertz CT molecular complexity index is 215. The summed E-state index contributed by atoms with van der Waals surface area (Å²) >= 11 is 0. The van der Waals surface area contributed by atoms with Crippen molar-refractivity contribution in [1.82, 2.24) is 10.2 Å². The summed E-state index contributed by atoms with van der Waals surface area (Å²) in [6.07, 6.45) is 2.07. The van der Waals surface area contributed by atoms with Gasteiger partial charge in [-0.3, -0.25) is 4.79 Å². The fourth-order valence-corrected chi connectivity index (χ4v) is 2.06. The Morgan fingerprint density at radius 3 is 2.33 bits per heavy atom. The standard InChI is InChI=1S/C12H24N2O3.ClH/c1-16-8-6-14(7-9-17-2)12(15)11-4-3-5-13-10-11;/h11,13H,3-10H2,1-2H3;1H. The zero-order chi connectivity index (χ0) is 12.5. The maximum Gasteiger partial charge on any atom is 0.227 e. The van der Waals surface area contributed by atoms with E-state index in [0.29, 0.717) is 26.3 Å². The zero-order valence-corrected chi connectivity index (χ0v) is 12.1. The first kappa shape index (κ1) is 17.6. The number of nitrogens with one attached hydrogen (secondary N) is 1. The van der Waals surface area contributed by atoms with Crippen molar-refractivity contribution in [3.63, 3.8) is 0 Å². The minimum absolute atomic E-state index is 0. The molecule has 0 spiro atoms. The Labute approximate surface area is 116 Å². The molecule has 1 aliphatic heterocycles. The summed E-state index contributed by atoms with van der Waals surface area (Å²) in [5.74, 6) is 0.351. The molecule has 108 valence electrons. The minimum Gasteiger partial charge on any atom is -0.383 e. The summed E-state index contributed by atoms with van der Waals surface area (Å²) in [6.45, 7) is 4.28. The van der Waals surface area contributed by atoms with Crippen molar-refractivity contribution in [1.29, 1.82) is 0 Å². The number of piperidine rings is 1. The molecule has 1 unspecified atom stereocenters. The van der Waals surface area contributed by atoms with Gasteiger partial charge < -0.3 is 19.7 Å². The van der Waals surface area contributed by atoms with Crippen LogP contribution in [-0.2, 0) is 14.3 Å². The molecule has 6 heteroatoms. The third-order valence-electron chi connectivity index (χ3n) is 3.09. The van der Waals surface area contributed by atoms with Crippen molar-refractivity contribution in [2.75, 3.05) is 53.6 Å². The highest BCUT2D eigenvalue weighted by Crippen LogP contribution is 2.13. The fourth-order valence-electron chi connectivity index (χ4n) is 2.06. The van der Waals surface area contributed by atoms with Gasteiger partial charge in [-0.2, -0.15) is 0 Å². The summed E-state index contributed by atoms with van der Waals surface area (Å²) in [5, 5.41) is 3.27. The highest BCUT2D eigenvalue weighted by molar-refractivity contribution is 5.85. The van der Waals surface area contributed by atoms with E-state index in [1.807, 2.05) is 4.90 Å². The van der Waals surface area contributed by atoms with Crippen LogP contribution >= 0.6 is 12.4 Å². The van der Waals surface area contributed by atoms with Gasteiger partial charge in [0.15, 0.2) is 0 Å². The summed E-state index contributed by atoms with van der Waals surface area (Å²) in [7, 11) is 3.31. The predicted octanol–water partition coefficient (Wildman–Crippen LogP) is 0.529. The number of nitrogens with zero attached hydrogens (tertiary/aromatic N) is 1. The first-order valence-electron chi connectivity index (χ1n) is 6.27. The van der Waals surface area contributed by atoms with Gasteiger partial charge in [0.1, 0.15) is 0 Å². The van der Waals surface area contributed by atoms with Gasteiger partial charge in [-0.1, -0.05) is 0 Å². The second kappa shape index (κ2) is 10.6. The number of carbonyl (C=O) groups is 1. The van der Waals surface area contributed by atoms with Crippen molar-refractivity contribution < 1.29 is 14.3 Å². The van der Waals surface area contributed by atoms with Crippen molar-refractivity contribution in [2.24, 2.45) is 5.92 Å². The molecular formula is C12H25ClN2O3. The van der Waals surface area contributed by atoms with Crippen LogP contribution in [0.25, 0.3) is 0 Å². The Balaban J connectivity index is 0.00000289.